The highest BCUT2D eigenvalue weighted by Crippen LogP contribution is 2.02. The standard InChI is InChI=1S/C14H18N2O2S/c17-19(18,11-8-13-4-2-1-3-5-13)16-10-7-14-6-9-15-12-14/h1-6,9,12,15-16H,7-8,10-11H2. The third-order valence-electron chi connectivity index (χ3n) is 2.90. The summed E-state index contributed by atoms with van der Waals surface area (Å²) in [4.78, 5) is 2.95. The van der Waals surface area contributed by atoms with Gasteiger partial charge in [0.05, 0.1) is 5.75 Å². The second-order valence-corrected chi connectivity index (χ2v) is 6.34. The third kappa shape index (κ3) is 4.89. The van der Waals surface area contributed by atoms with Crippen molar-refractivity contribution in [2.45, 2.75) is 12.8 Å². The third-order valence-corrected chi connectivity index (χ3v) is 4.29. The van der Waals surface area contributed by atoms with Crippen molar-refractivity contribution in [2.75, 3.05) is 12.3 Å². The van der Waals surface area contributed by atoms with Crippen LogP contribution >= 0.6 is 0 Å². The predicted molar refractivity (Wildman–Crippen MR) is 76.4 cm³/mol. The molecule has 102 valence electrons. The topological polar surface area (TPSA) is 62.0 Å². The van der Waals surface area contributed by atoms with Crippen molar-refractivity contribution in [2.24, 2.45) is 0 Å². The Balaban J connectivity index is 1.76. The highest BCUT2D eigenvalue weighted by molar-refractivity contribution is 7.89. The minimum absolute atomic E-state index is 0.129. The Morgan fingerprint density at radius 1 is 1.00 bits per heavy atom. The van der Waals surface area contributed by atoms with E-state index in [0.717, 1.165) is 11.1 Å². The van der Waals surface area contributed by atoms with Crippen LogP contribution in [0, 0.1) is 0 Å². The number of sulfonamides is 1. The smallest absolute Gasteiger partial charge is 0.211 e. The Hall–Kier alpha value is -1.59. The van der Waals surface area contributed by atoms with E-state index in [1.54, 1.807) is 0 Å². The maximum absolute atomic E-state index is 11.8. The highest BCUT2D eigenvalue weighted by Gasteiger charge is 2.09. The summed E-state index contributed by atoms with van der Waals surface area (Å²) in [5.74, 6) is 0.129. The van der Waals surface area contributed by atoms with E-state index in [9.17, 15) is 8.42 Å². The Kier molecular flexibility index (Phi) is 4.76. The molecule has 1 aromatic heterocycles. The van der Waals surface area contributed by atoms with Crippen LogP contribution in [0.2, 0.25) is 0 Å². The molecule has 0 aliphatic heterocycles. The van der Waals surface area contributed by atoms with E-state index >= 15 is 0 Å². The summed E-state index contributed by atoms with van der Waals surface area (Å²) < 4.78 is 26.3. The van der Waals surface area contributed by atoms with Crippen molar-refractivity contribution in [3.8, 4) is 0 Å². The van der Waals surface area contributed by atoms with Crippen LogP contribution in [0.25, 0.3) is 0 Å². The van der Waals surface area contributed by atoms with Gasteiger partial charge in [-0.25, -0.2) is 13.1 Å². The molecule has 4 nitrogen and oxygen atoms in total. The molecule has 0 amide bonds. The van der Waals surface area contributed by atoms with Crippen LogP contribution < -0.4 is 4.72 Å². The monoisotopic (exact) mass is 278 g/mol. The number of hydrogen-bond donors (Lipinski definition) is 2. The molecule has 2 rings (SSSR count). The quantitative estimate of drug-likeness (QED) is 0.810. The zero-order valence-electron chi connectivity index (χ0n) is 10.7. The fraction of sp³-hybridized carbons (Fsp3) is 0.286. The van der Waals surface area contributed by atoms with Crippen molar-refractivity contribution in [1.29, 1.82) is 0 Å². The van der Waals surface area contributed by atoms with Gasteiger partial charge in [-0.15, -0.1) is 0 Å². The Morgan fingerprint density at radius 2 is 1.79 bits per heavy atom. The molecule has 1 aromatic carbocycles. The van der Waals surface area contributed by atoms with Crippen LogP contribution in [0.4, 0.5) is 0 Å². The summed E-state index contributed by atoms with van der Waals surface area (Å²) in [5, 5.41) is 0. The first-order valence-electron chi connectivity index (χ1n) is 6.29. The largest absolute Gasteiger partial charge is 0.367 e. The highest BCUT2D eigenvalue weighted by atomic mass is 32.2. The number of aromatic nitrogens is 1. The number of hydrogen-bond acceptors (Lipinski definition) is 2. The van der Waals surface area contributed by atoms with Crippen LogP contribution in [0.5, 0.6) is 0 Å². The van der Waals surface area contributed by atoms with Gasteiger partial charge in [0.2, 0.25) is 10.0 Å². The molecule has 19 heavy (non-hydrogen) atoms. The summed E-state index contributed by atoms with van der Waals surface area (Å²) in [6.45, 7) is 0.439. The summed E-state index contributed by atoms with van der Waals surface area (Å²) >= 11 is 0. The Labute approximate surface area is 113 Å². The number of aromatic amines is 1. The molecular formula is C14H18N2O2S. The number of aryl methyl sites for hydroxylation is 1. The molecule has 0 aliphatic carbocycles. The zero-order valence-corrected chi connectivity index (χ0v) is 11.5. The van der Waals surface area contributed by atoms with Crippen LogP contribution in [0.1, 0.15) is 11.1 Å². The van der Waals surface area contributed by atoms with Gasteiger partial charge in [0, 0.05) is 18.9 Å². The molecule has 2 N–H and O–H groups in total. The fourth-order valence-electron chi connectivity index (χ4n) is 1.83. The molecule has 0 unspecified atom stereocenters. The minimum Gasteiger partial charge on any atom is -0.367 e. The zero-order chi connectivity index (χ0) is 13.6. The average molecular weight is 278 g/mol. The lowest BCUT2D eigenvalue weighted by Crippen LogP contribution is -2.29. The normalized spacial score (nSPS) is 11.6. The summed E-state index contributed by atoms with van der Waals surface area (Å²) in [6.07, 6.45) is 4.95. The van der Waals surface area contributed by atoms with Crippen LogP contribution in [-0.4, -0.2) is 25.7 Å². The van der Waals surface area contributed by atoms with E-state index in [-0.39, 0.29) is 5.75 Å². The first-order valence-corrected chi connectivity index (χ1v) is 7.94. The molecule has 0 saturated heterocycles. The van der Waals surface area contributed by atoms with Gasteiger partial charge >= 0.3 is 0 Å². The fourth-order valence-corrected chi connectivity index (χ4v) is 2.90. The van der Waals surface area contributed by atoms with E-state index < -0.39 is 10.0 Å². The van der Waals surface area contributed by atoms with Gasteiger partial charge in [-0.1, -0.05) is 30.3 Å². The van der Waals surface area contributed by atoms with Crippen LogP contribution in [-0.2, 0) is 22.9 Å². The summed E-state index contributed by atoms with van der Waals surface area (Å²) in [5.41, 5.74) is 2.14. The summed E-state index contributed by atoms with van der Waals surface area (Å²) in [6, 6.07) is 11.6. The van der Waals surface area contributed by atoms with Gasteiger partial charge in [-0.2, -0.15) is 0 Å². The molecule has 2 aromatic rings. The molecule has 0 atom stereocenters. The number of benzene rings is 1. The van der Waals surface area contributed by atoms with E-state index in [0.29, 0.717) is 19.4 Å². The molecule has 5 heteroatoms. The lowest BCUT2D eigenvalue weighted by Gasteiger charge is -2.06. The van der Waals surface area contributed by atoms with Crippen LogP contribution in [0.3, 0.4) is 0 Å². The van der Waals surface area contributed by atoms with Crippen molar-refractivity contribution in [3.05, 3.63) is 59.9 Å². The SMILES string of the molecule is O=S(=O)(CCc1ccccc1)NCCc1cc[nH]c1. The molecule has 0 radical (unpaired) electrons. The van der Waals surface area contributed by atoms with E-state index in [2.05, 4.69) is 9.71 Å². The number of rotatable bonds is 7. The minimum atomic E-state index is -3.19. The first kappa shape index (κ1) is 13.8. The maximum atomic E-state index is 11.8. The van der Waals surface area contributed by atoms with E-state index in [1.807, 2.05) is 48.8 Å². The molecule has 0 spiro atoms. The molecule has 0 saturated carbocycles. The number of nitrogens with one attached hydrogen (secondary N) is 2. The van der Waals surface area contributed by atoms with Gasteiger partial charge in [0.1, 0.15) is 0 Å². The van der Waals surface area contributed by atoms with Gasteiger partial charge < -0.3 is 4.98 Å². The second kappa shape index (κ2) is 6.54. The molecule has 0 fully saturated rings. The summed E-state index contributed by atoms with van der Waals surface area (Å²) in [7, 11) is -3.19. The van der Waals surface area contributed by atoms with Gasteiger partial charge in [0.15, 0.2) is 0 Å². The molecule has 0 bridgehead atoms. The predicted octanol–water partition coefficient (Wildman–Crippen LogP) is 1.72. The van der Waals surface area contributed by atoms with Gasteiger partial charge in [-0.3, -0.25) is 0 Å². The number of H-pyrrole nitrogens is 1. The lowest BCUT2D eigenvalue weighted by molar-refractivity contribution is 0.581. The van der Waals surface area contributed by atoms with Crippen molar-refractivity contribution < 1.29 is 8.42 Å². The maximum Gasteiger partial charge on any atom is 0.211 e. The molecule has 0 aliphatic rings. The Bertz CT molecular complexity index is 577. The van der Waals surface area contributed by atoms with E-state index in [1.165, 1.54) is 0 Å². The van der Waals surface area contributed by atoms with Crippen molar-refractivity contribution in [1.82, 2.24) is 9.71 Å². The average Bonchev–Trinajstić information content (AvgIpc) is 2.91. The lowest BCUT2D eigenvalue weighted by atomic mass is 10.2. The van der Waals surface area contributed by atoms with Gasteiger partial charge in [-0.05, 0) is 30.0 Å². The van der Waals surface area contributed by atoms with Gasteiger partial charge in [0.25, 0.3) is 0 Å². The Morgan fingerprint density at radius 3 is 2.47 bits per heavy atom. The van der Waals surface area contributed by atoms with Crippen molar-refractivity contribution >= 4 is 10.0 Å². The van der Waals surface area contributed by atoms with E-state index in [4.69, 9.17) is 0 Å². The molecular weight excluding hydrogens is 260 g/mol. The first-order chi connectivity index (χ1) is 9.16. The van der Waals surface area contributed by atoms with Crippen LogP contribution in [0.15, 0.2) is 48.8 Å². The molecule has 1 heterocycles. The van der Waals surface area contributed by atoms with Crippen molar-refractivity contribution in [3.63, 3.8) is 0 Å². The second-order valence-electron chi connectivity index (χ2n) is 4.42.